The lowest BCUT2D eigenvalue weighted by Gasteiger charge is -2.29. The maximum absolute atomic E-state index is 11.1. The van der Waals surface area contributed by atoms with Gasteiger partial charge in [0, 0.05) is 12.5 Å². The van der Waals surface area contributed by atoms with Crippen LogP contribution in [-0.2, 0) is 13.0 Å². The van der Waals surface area contributed by atoms with Crippen molar-refractivity contribution in [1.82, 2.24) is 4.90 Å². The number of allylic oxidation sites excluding steroid dienone is 2. The van der Waals surface area contributed by atoms with Crippen molar-refractivity contribution < 1.29 is 9.90 Å². The number of carboxylic acids is 1. The van der Waals surface area contributed by atoms with Crippen molar-refractivity contribution in [1.29, 1.82) is 0 Å². The molecule has 1 aliphatic heterocycles. The second kappa shape index (κ2) is 5.84. The zero-order valence-corrected chi connectivity index (χ0v) is 13.0. The van der Waals surface area contributed by atoms with E-state index in [2.05, 4.69) is 49.3 Å². The van der Waals surface area contributed by atoms with E-state index in [1.165, 1.54) is 11.1 Å². The molecule has 1 N–H and O–H groups in total. The first kappa shape index (κ1) is 14.6. The number of hydrogen-bond acceptors (Lipinski definition) is 2. The van der Waals surface area contributed by atoms with Crippen LogP contribution < -0.4 is 0 Å². The molecule has 0 fully saturated rings. The fraction of sp³-hybridized carbons (Fsp3) is 0.316. The summed E-state index contributed by atoms with van der Waals surface area (Å²) in [4.78, 5) is 13.5. The van der Waals surface area contributed by atoms with Gasteiger partial charge in [0.2, 0.25) is 0 Å². The molecule has 22 heavy (non-hydrogen) atoms. The van der Waals surface area contributed by atoms with E-state index in [4.69, 9.17) is 5.11 Å². The summed E-state index contributed by atoms with van der Waals surface area (Å²) in [5.41, 5.74) is 3.99. The molecule has 1 heterocycles. The van der Waals surface area contributed by atoms with Crippen molar-refractivity contribution >= 4 is 5.97 Å². The van der Waals surface area contributed by atoms with E-state index in [1.807, 2.05) is 6.07 Å². The average molecular weight is 295 g/mol. The predicted octanol–water partition coefficient (Wildman–Crippen LogP) is 3.78. The number of nitrogens with zero attached hydrogens (tertiary/aromatic N) is 1. The summed E-state index contributed by atoms with van der Waals surface area (Å²) >= 11 is 0. The molecule has 3 nitrogen and oxygen atoms in total. The Morgan fingerprint density at radius 3 is 2.82 bits per heavy atom. The van der Waals surface area contributed by atoms with Crippen molar-refractivity contribution in [2.75, 3.05) is 0 Å². The fourth-order valence-corrected chi connectivity index (χ4v) is 3.21. The Bertz CT molecular complexity index is 685. The Balaban J connectivity index is 1.83. The number of carbonyl (C=O) groups is 1. The van der Waals surface area contributed by atoms with E-state index in [1.54, 1.807) is 12.1 Å². The molecule has 2 unspecified atom stereocenters. The highest BCUT2D eigenvalue weighted by molar-refractivity contribution is 5.87. The minimum Gasteiger partial charge on any atom is -0.478 e. The highest BCUT2D eigenvalue weighted by atomic mass is 16.4. The van der Waals surface area contributed by atoms with Crippen LogP contribution in [0.25, 0.3) is 0 Å². The van der Waals surface area contributed by atoms with Gasteiger partial charge in [-0.2, -0.15) is 0 Å². The molecule has 1 aliphatic carbocycles. The lowest BCUT2D eigenvalue weighted by molar-refractivity contribution is 0.0696. The first-order valence-electron chi connectivity index (χ1n) is 7.74. The molecule has 0 radical (unpaired) electrons. The maximum Gasteiger partial charge on any atom is 0.335 e. The third-order valence-electron chi connectivity index (χ3n) is 4.48. The average Bonchev–Trinajstić information content (AvgIpc) is 2.89. The largest absolute Gasteiger partial charge is 0.478 e. The molecule has 0 spiro atoms. The summed E-state index contributed by atoms with van der Waals surface area (Å²) in [6.07, 6.45) is 12.0. The quantitative estimate of drug-likeness (QED) is 0.919. The Morgan fingerprint density at radius 2 is 2.09 bits per heavy atom. The monoisotopic (exact) mass is 295 g/mol. The molecule has 2 atom stereocenters. The van der Waals surface area contributed by atoms with E-state index in [-0.39, 0.29) is 0 Å². The zero-order chi connectivity index (χ0) is 15.7. The van der Waals surface area contributed by atoms with Crippen molar-refractivity contribution in [2.24, 2.45) is 5.92 Å². The van der Waals surface area contributed by atoms with Gasteiger partial charge >= 0.3 is 5.97 Å². The first-order valence-corrected chi connectivity index (χ1v) is 7.74. The standard InChI is InChI=1S/C19H21NO2/c1-3-14-11-16(19(21)22)6-7-17(14)12-20-9-8-15-5-4-13(2)10-18(15)20/h4-11,15,18H,3,12H2,1-2H3,(H,21,22). The van der Waals surface area contributed by atoms with Gasteiger partial charge < -0.3 is 10.0 Å². The number of carboxylic acid groups (broad SMARTS) is 1. The number of benzene rings is 1. The van der Waals surface area contributed by atoms with Gasteiger partial charge in [0.15, 0.2) is 0 Å². The summed E-state index contributed by atoms with van der Waals surface area (Å²) < 4.78 is 0. The molecular weight excluding hydrogens is 274 g/mol. The van der Waals surface area contributed by atoms with E-state index in [9.17, 15) is 4.79 Å². The van der Waals surface area contributed by atoms with Gasteiger partial charge in [0.05, 0.1) is 11.6 Å². The van der Waals surface area contributed by atoms with Crippen LogP contribution in [0.1, 0.15) is 35.3 Å². The molecule has 0 bridgehead atoms. The van der Waals surface area contributed by atoms with Crippen LogP contribution in [0.4, 0.5) is 0 Å². The Morgan fingerprint density at radius 1 is 1.27 bits per heavy atom. The minimum atomic E-state index is -0.863. The Kier molecular flexibility index (Phi) is 3.88. The van der Waals surface area contributed by atoms with E-state index in [0.29, 0.717) is 17.5 Å². The number of fused-ring (bicyclic) bond motifs is 1. The van der Waals surface area contributed by atoms with Crippen LogP contribution in [-0.4, -0.2) is 22.0 Å². The number of aryl methyl sites for hydroxylation is 1. The van der Waals surface area contributed by atoms with E-state index in [0.717, 1.165) is 18.5 Å². The maximum atomic E-state index is 11.1. The minimum absolute atomic E-state index is 0.367. The highest BCUT2D eigenvalue weighted by Crippen LogP contribution is 2.30. The topological polar surface area (TPSA) is 40.5 Å². The van der Waals surface area contributed by atoms with E-state index < -0.39 is 5.97 Å². The van der Waals surface area contributed by atoms with Gasteiger partial charge in [-0.3, -0.25) is 0 Å². The van der Waals surface area contributed by atoms with Crippen molar-refractivity contribution in [3.05, 3.63) is 71.0 Å². The summed E-state index contributed by atoms with van der Waals surface area (Å²) in [6, 6.07) is 5.85. The van der Waals surface area contributed by atoms with Crippen LogP contribution in [0.2, 0.25) is 0 Å². The third-order valence-corrected chi connectivity index (χ3v) is 4.48. The molecule has 114 valence electrons. The molecule has 0 amide bonds. The molecule has 2 aliphatic rings. The van der Waals surface area contributed by atoms with Gasteiger partial charge in [-0.05, 0) is 42.8 Å². The molecule has 1 aromatic carbocycles. The predicted molar refractivity (Wildman–Crippen MR) is 87.6 cm³/mol. The second-order valence-corrected chi connectivity index (χ2v) is 5.99. The Hall–Kier alpha value is -2.29. The fourth-order valence-electron chi connectivity index (χ4n) is 3.21. The van der Waals surface area contributed by atoms with Crippen LogP contribution in [0, 0.1) is 5.92 Å². The second-order valence-electron chi connectivity index (χ2n) is 5.99. The van der Waals surface area contributed by atoms with Crippen molar-refractivity contribution in [2.45, 2.75) is 32.9 Å². The molecule has 3 heteroatoms. The van der Waals surface area contributed by atoms with Gasteiger partial charge in [0.25, 0.3) is 0 Å². The van der Waals surface area contributed by atoms with Gasteiger partial charge in [-0.25, -0.2) is 4.79 Å². The van der Waals surface area contributed by atoms with Crippen LogP contribution in [0.3, 0.4) is 0 Å². The molecule has 0 saturated carbocycles. The van der Waals surface area contributed by atoms with Gasteiger partial charge in [0.1, 0.15) is 0 Å². The number of rotatable bonds is 4. The summed E-state index contributed by atoms with van der Waals surface area (Å²) in [7, 11) is 0. The summed E-state index contributed by atoms with van der Waals surface area (Å²) in [5.74, 6) is -0.412. The van der Waals surface area contributed by atoms with E-state index >= 15 is 0 Å². The third kappa shape index (κ3) is 2.71. The van der Waals surface area contributed by atoms with Crippen LogP contribution in [0.15, 0.2) is 54.3 Å². The number of hydrogen-bond donors (Lipinski definition) is 1. The van der Waals surface area contributed by atoms with Crippen LogP contribution in [0.5, 0.6) is 0 Å². The normalized spacial score (nSPS) is 22.6. The molecule has 0 aromatic heterocycles. The first-order chi connectivity index (χ1) is 10.6. The van der Waals surface area contributed by atoms with Crippen molar-refractivity contribution in [3.63, 3.8) is 0 Å². The summed E-state index contributed by atoms with van der Waals surface area (Å²) in [6.45, 7) is 5.02. The number of aromatic carboxylic acids is 1. The molecule has 0 saturated heterocycles. The lowest BCUT2D eigenvalue weighted by atomic mass is 9.93. The van der Waals surface area contributed by atoms with Crippen molar-refractivity contribution in [3.8, 4) is 0 Å². The lowest BCUT2D eigenvalue weighted by Crippen LogP contribution is -2.30. The summed E-state index contributed by atoms with van der Waals surface area (Å²) in [5, 5.41) is 9.13. The zero-order valence-electron chi connectivity index (χ0n) is 13.0. The molecule has 3 rings (SSSR count). The van der Waals surface area contributed by atoms with Crippen LogP contribution >= 0.6 is 0 Å². The smallest absolute Gasteiger partial charge is 0.335 e. The van der Waals surface area contributed by atoms with Gasteiger partial charge in [-0.1, -0.05) is 42.9 Å². The Labute approximate surface area is 131 Å². The SMILES string of the molecule is CCc1cc(C(=O)O)ccc1CN1C=CC2C=CC(C)=CC21. The molecular formula is C19H21NO2. The molecule has 1 aromatic rings. The highest BCUT2D eigenvalue weighted by Gasteiger charge is 2.27. The van der Waals surface area contributed by atoms with Gasteiger partial charge in [-0.15, -0.1) is 0 Å².